The maximum absolute atomic E-state index is 12.9. The Balaban J connectivity index is 1.98. The summed E-state index contributed by atoms with van der Waals surface area (Å²) in [6.45, 7) is 11.1. The highest BCUT2D eigenvalue weighted by molar-refractivity contribution is 5.97. The van der Waals surface area contributed by atoms with Crippen LogP contribution in [0.15, 0.2) is 30.5 Å². The summed E-state index contributed by atoms with van der Waals surface area (Å²) >= 11 is 0. The van der Waals surface area contributed by atoms with Crippen molar-refractivity contribution in [1.29, 1.82) is 5.26 Å². The van der Waals surface area contributed by atoms with Crippen LogP contribution in [0.2, 0.25) is 0 Å². The zero-order valence-corrected chi connectivity index (χ0v) is 23.3. The lowest BCUT2D eigenvalue weighted by Crippen LogP contribution is -2.44. The first-order valence-corrected chi connectivity index (χ1v) is 12.5. The number of benzene rings is 1. The number of ether oxygens (including phenoxy) is 2. The second kappa shape index (κ2) is 13.4. The van der Waals surface area contributed by atoms with Gasteiger partial charge in [0.1, 0.15) is 23.3 Å². The van der Waals surface area contributed by atoms with Crippen LogP contribution in [0.1, 0.15) is 76.1 Å². The first-order chi connectivity index (χ1) is 18.2. The van der Waals surface area contributed by atoms with Crippen molar-refractivity contribution in [2.75, 3.05) is 17.6 Å². The van der Waals surface area contributed by atoms with Crippen molar-refractivity contribution in [3.05, 3.63) is 47.4 Å². The monoisotopic (exact) mass is 539 g/mol. The molecule has 2 amide bonds. The maximum Gasteiger partial charge on any atom is 0.407 e. The number of rotatable bonds is 10. The van der Waals surface area contributed by atoms with E-state index >= 15 is 0 Å². The molecule has 39 heavy (non-hydrogen) atoms. The van der Waals surface area contributed by atoms with Crippen molar-refractivity contribution in [3.63, 3.8) is 0 Å². The van der Waals surface area contributed by atoms with E-state index < -0.39 is 35.2 Å². The zero-order valence-electron chi connectivity index (χ0n) is 23.3. The third-order valence-corrected chi connectivity index (χ3v) is 4.91. The van der Waals surface area contributed by atoms with Gasteiger partial charge in [-0.1, -0.05) is 0 Å². The molecule has 2 aromatic rings. The van der Waals surface area contributed by atoms with Gasteiger partial charge in [0.05, 0.1) is 18.4 Å². The Kier molecular flexibility index (Phi) is 10.6. The van der Waals surface area contributed by atoms with Crippen molar-refractivity contribution in [1.82, 2.24) is 20.6 Å². The molecule has 1 aromatic carbocycles. The number of hydrogen-bond acceptors (Lipinski definition) is 10. The molecule has 2 rings (SSSR count). The van der Waals surface area contributed by atoms with Crippen LogP contribution in [-0.2, 0) is 20.8 Å². The van der Waals surface area contributed by atoms with Gasteiger partial charge in [0, 0.05) is 17.8 Å². The minimum Gasteiger partial charge on any atom is -0.458 e. The molecule has 12 nitrogen and oxygen atoms in total. The Bertz CT molecular complexity index is 1190. The fourth-order valence-electron chi connectivity index (χ4n) is 3.21. The summed E-state index contributed by atoms with van der Waals surface area (Å²) in [6.07, 6.45) is 1.59. The van der Waals surface area contributed by atoms with E-state index in [4.69, 9.17) is 20.5 Å². The summed E-state index contributed by atoms with van der Waals surface area (Å²) in [5, 5.41) is 17.6. The van der Waals surface area contributed by atoms with Crippen LogP contribution in [0.5, 0.6) is 0 Å². The summed E-state index contributed by atoms with van der Waals surface area (Å²) < 4.78 is 10.7. The van der Waals surface area contributed by atoms with Crippen molar-refractivity contribution >= 4 is 29.5 Å². The van der Waals surface area contributed by atoms with E-state index in [9.17, 15) is 14.4 Å². The van der Waals surface area contributed by atoms with E-state index in [-0.39, 0.29) is 24.5 Å². The number of nitrogen functional groups attached to an aromatic ring is 1. The molecule has 0 saturated heterocycles. The summed E-state index contributed by atoms with van der Waals surface area (Å²) in [5.41, 5.74) is 5.89. The van der Waals surface area contributed by atoms with Crippen LogP contribution < -0.4 is 21.7 Å². The predicted octanol–water partition coefficient (Wildman–Crippen LogP) is 3.29. The first kappa shape index (κ1) is 30.8. The number of amides is 2. The number of nitrogens with zero attached hydrogens (tertiary/aromatic N) is 3. The summed E-state index contributed by atoms with van der Waals surface area (Å²) in [5.74, 6) is -0.936. The van der Waals surface area contributed by atoms with Crippen LogP contribution in [0.4, 0.5) is 16.3 Å². The molecule has 0 radical (unpaired) electrons. The number of carbonyl (C=O) groups excluding carboxylic acids is 3. The quantitative estimate of drug-likeness (QED) is 0.258. The normalized spacial score (nSPS) is 12.0. The van der Waals surface area contributed by atoms with Crippen LogP contribution in [0.25, 0.3) is 0 Å². The van der Waals surface area contributed by atoms with Gasteiger partial charge in [-0.25, -0.2) is 19.6 Å². The molecule has 0 fully saturated rings. The van der Waals surface area contributed by atoms with E-state index in [1.807, 2.05) is 6.07 Å². The van der Waals surface area contributed by atoms with Gasteiger partial charge >= 0.3 is 12.1 Å². The number of alkyl carbamates (subject to hydrolysis) is 1. The number of nitrogens with two attached hydrogens (primary N) is 1. The molecular formula is C27H37N7O5. The van der Waals surface area contributed by atoms with E-state index in [1.165, 1.54) is 6.20 Å². The predicted molar refractivity (Wildman–Crippen MR) is 145 cm³/mol. The van der Waals surface area contributed by atoms with Crippen molar-refractivity contribution in [2.45, 2.75) is 78.2 Å². The SMILES string of the molecule is CC(C)(C)OC(=O)NCCC[C@H](NC(=O)c1ccc(NCc2cnc(N)c(C#N)n2)cc1)C(=O)OC(C)(C)C. The van der Waals surface area contributed by atoms with Gasteiger partial charge in [-0.15, -0.1) is 0 Å². The first-order valence-electron chi connectivity index (χ1n) is 12.5. The average Bonchev–Trinajstić information content (AvgIpc) is 2.83. The summed E-state index contributed by atoms with van der Waals surface area (Å²) in [7, 11) is 0. The van der Waals surface area contributed by atoms with Gasteiger partial charge in [-0.2, -0.15) is 5.26 Å². The topological polar surface area (TPSA) is 181 Å². The molecule has 0 spiro atoms. The van der Waals surface area contributed by atoms with Gasteiger partial charge in [-0.3, -0.25) is 4.79 Å². The highest BCUT2D eigenvalue weighted by Crippen LogP contribution is 2.14. The van der Waals surface area contributed by atoms with Crippen LogP contribution in [-0.4, -0.2) is 51.7 Å². The smallest absolute Gasteiger partial charge is 0.407 e. The molecule has 5 N–H and O–H groups in total. The molecular weight excluding hydrogens is 502 g/mol. The second-order valence-corrected chi connectivity index (χ2v) is 10.8. The number of nitriles is 1. The zero-order chi connectivity index (χ0) is 29.2. The molecule has 12 heteroatoms. The number of esters is 1. The molecule has 0 aliphatic rings. The Hall–Kier alpha value is -4.40. The molecule has 0 saturated carbocycles. The summed E-state index contributed by atoms with van der Waals surface area (Å²) in [6, 6.07) is 7.62. The number of aromatic nitrogens is 2. The molecule has 1 heterocycles. The van der Waals surface area contributed by atoms with Crippen LogP contribution >= 0.6 is 0 Å². The minimum atomic E-state index is -0.909. The lowest BCUT2D eigenvalue weighted by atomic mass is 10.1. The summed E-state index contributed by atoms with van der Waals surface area (Å²) in [4.78, 5) is 45.7. The minimum absolute atomic E-state index is 0.0569. The molecule has 0 unspecified atom stereocenters. The second-order valence-electron chi connectivity index (χ2n) is 10.8. The highest BCUT2D eigenvalue weighted by atomic mass is 16.6. The number of anilines is 2. The standard InChI is InChI=1S/C27H37N7O5/c1-26(2,3)38-24(36)20(8-7-13-30-25(37)39-27(4,5)6)34-23(35)17-9-11-18(12-10-17)31-15-19-16-32-22(29)21(14-28)33-19/h9-12,16,20,31H,7-8,13,15H2,1-6H3,(H2,29,32)(H,30,37)(H,34,35)/t20-/m0/s1. The number of nitrogens with one attached hydrogen (secondary N) is 3. The fourth-order valence-corrected chi connectivity index (χ4v) is 3.21. The Morgan fingerprint density at radius 1 is 1.05 bits per heavy atom. The molecule has 0 aliphatic heterocycles. The van der Waals surface area contributed by atoms with E-state index in [2.05, 4.69) is 25.9 Å². The van der Waals surface area contributed by atoms with Gasteiger partial charge in [-0.05, 0) is 78.6 Å². The molecule has 0 bridgehead atoms. The average molecular weight is 540 g/mol. The molecule has 1 aromatic heterocycles. The Morgan fingerprint density at radius 2 is 1.69 bits per heavy atom. The lowest BCUT2D eigenvalue weighted by molar-refractivity contribution is -0.157. The Morgan fingerprint density at radius 3 is 2.28 bits per heavy atom. The largest absolute Gasteiger partial charge is 0.458 e. The highest BCUT2D eigenvalue weighted by Gasteiger charge is 2.27. The molecule has 1 atom stereocenters. The van der Waals surface area contributed by atoms with Gasteiger partial charge in [0.2, 0.25) is 0 Å². The number of carbonyl (C=O) groups is 3. The van der Waals surface area contributed by atoms with Gasteiger partial charge in [0.25, 0.3) is 5.91 Å². The molecule has 210 valence electrons. The maximum atomic E-state index is 12.9. The lowest BCUT2D eigenvalue weighted by Gasteiger charge is -2.25. The molecule has 0 aliphatic carbocycles. The number of hydrogen-bond donors (Lipinski definition) is 4. The third-order valence-electron chi connectivity index (χ3n) is 4.91. The Labute approximate surface area is 228 Å². The van der Waals surface area contributed by atoms with Crippen LogP contribution in [0, 0.1) is 11.3 Å². The van der Waals surface area contributed by atoms with E-state index in [1.54, 1.807) is 65.8 Å². The van der Waals surface area contributed by atoms with Gasteiger partial charge < -0.3 is 31.2 Å². The van der Waals surface area contributed by atoms with Gasteiger partial charge in [0.15, 0.2) is 11.5 Å². The third kappa shape index (κ3) is 11.3. The fraction of sp³-hybridized carbons (Fsp3) is 0.481. The van der Waals surface area contributed by atoms with Crippen molar-refractivity contribution in [3.8, 4) is 6.07 Å². The van der Waals surface area contributed by atoms with Crippen LogP contribution in [0.3, 0.4) is 0 Å². The van der Waals surface area contributed by atoms with Crippen molar-refractivity contribution in [2.24, 2.45) is 0 Å². The van der Waals surface area contributed by atoms with Crippen molar-refractivity contribution < 1.29 is 23.9 Å². The van der Waals surface area contributed by atoms with E-state index in [0.717, 1.165) is 0 Å². The van der Waals surface area contributed by atoms with E-state index in [0.29, 0.717) is 29.9 Å².